The lowest BCUT2D eigenvalue weighted by Crippen LogP contribution is -2.14. The summed E-state index contributed by atoms with van der Waals surface area (Å²) in [4.78, 5) is 14.2. The second kappa shape index (κ2) is 5.65. The fourth-order valence-corrected chi connectivity index (χ4v) is 1.85. The molecular formula is C16H19N3O. The summed E-state index contributed by atoms with van der Waals surface area (Å²) in [6.45, 7) is 1.93. The number of amides is 1. The van der Waals surface area contributed by atoms with Crippen LogP contribution in [0.5, 0.6) is 0 Å². The van der Waals surface area contributed by atoms with Crippen LogP contribution < -0.4 is 16.0 Å². The van der Waals surface area contributed by atoms with Gasteiger partial charge in [0.15, 0.2) is 0 Å². The van der Waals surface area contributed by atoms with E-state index >= 15 is 0 Å². The number of anilines is 3. The Morgan fingerprint density at radius 2 is 1.90 bits per heavy atom. The number of nitrogens with one attached hydrogen (secondary N) is 1. The van der Waals surface area contributed by atoms with Crippen molar-refractivity contribution < 1.29 is 4.79 Å². The van der Waals surface area contributed by atoms with Crippen LogP contribution in [0.4, 0.5) is 17.1 Å². The summed E-state index contributed by atoms with van der Waals surface area (Å²) in [5.74, 6) is -0.142. The van der Waals surface area contributed by atoms with Crippen LogP contribution in [-0.2, 0) is 0 Å². The average Bonchev–Trinajstić information content (AvgIpc) is 2.43. The molecule has 104 valence electrons. The molecule has 0 aromatic heterocycles. The van der Waals surface area contributed by atoms with Crippen LogP contribution in [0.2, 0.25) is 0 Å². The SMILES string of the molecule is Cc1ccc(NC(=O)c2cccc(N(C)C)c2)cc1N. The van der Waals surface area contributed by atoms with Crippen molar-refractivity contribution in [3.63, 3.8) is 0 Å². The highest BCUT2D eigenvalue weighted by atomic mass is 16.1. The Kier molecular flexibility index (Phi) is 3.94. The zero-order valence-electron chi connectivity index (χ0n) is 12.0. The molecular weight excluding hydrogens is 250 g/mol. The number of aryl methyl sites for hydroxylation is 1. The molecule has 0 bridgehead atoms. The predicted octanol–water partition coefficient (Wildman–Crippen LogP) is 2.90. The van der Waals surface area contributed by atoms with E-state index in [4.69, 9.17) is 5.73 Å². The Hall–Kier alpha value is -2.49. The van der Waals surface area contributed by atoms with Gasteiger partial charge >= 0.3 is 0 Å². The van der Waals surface area contributed by atoms with Crippen molar-refractivity contribution in [1.82, 2.24) is 0 Å². The second-order valence-electron chi connectivity index (χ2n) is 4.97. The molecule has 0 aliphatic carbocycles. The normalized spacial score (nSPS) is 10.2. The number of carbonyl (C=O) groups is 1. The van der Waals surface area contributed by atoms with E-state index in [-0.39, 0.29) is 5.91 Å². The van der Waals surface area contributed by atoms with Gasteiger partial charge in [0.25, 0.3) is 5.91 Å². The van der Waals surface area contributed by atoms with Crippen molar-refractivity contribution in [1.29, 1.82) is 0 Å². The lowest BCUT2D eigenvalue weighted by atomic mass is 10.1. The molecule has 1 amide bonds. The van der Waals surface area contributed by atoms with Gasteiger partial charge in [0.1, 0.15) is 0 Å². The third-order valence-electron chi connectivity index (χ3n) is 3.16. The molecule has 0 saturated heterocycles. The Labute approximate surface area is 119 Å². The molecule has 0 heterocycles. The smallest absolute Gasteiger partial charge is 0.255 e. The van der Waals surface area contributed by atoms with Crippen LogP contribution in [0.15, 0.2) is 42.5 Å². The van der Waals surface area contributed by atoms with E-state index in [0.29, 0.717) is 16.9 Å². The van der Waals surface area contributed by atoms with Crippen molar-refractivity contribution >= 4 is 23.0 Å². The van der Waals surface area contributed by atoms with Gasteiger partial charge in [-0.05, 0) is 42.8 Å². The summed E-state index contributed by atoms with van der Waals surface area (Å²) in [7, 11) is 3.88. The van der Waals surface area contributed by atoms with E-state index in [1.54, 1.807) is 12.1 Å². The van der Waals surface area contributed by atoms with Gasteiger partial charge in [0.05, 0.1) is 0 Å². The average molecular weight is 269 g/mol. The highest BCUT2D eigenvalue weighted by Crippen LogP contribution is 2.19. The number of rotatable bonds is 3. The van der Waals surface area contributed by atoms with E-state index in [1.165, 1.54) is 0 Å². The van der Waals surface area contributed by atoms with E-state index in [2.05, 4.69) is 5.32 Å². The van der Waals surface area contributed by atoms with Crippen molar-refractivity contribution in [3.05, 3.63) is 53.6 Å². The third-order valence-corrected chi connectivity index (χ3v) is 3.16. The fourth-order valence-electron chi connectivity index (χ4n) is 1.85. The van der Waals surface area contributed by atoms with Gasteiger partial charge in [-0.3, -0.25) is 4.79 Å². The summed E-state index contributed by atoms with van der Waals surface area (Å²) in [5.41, 5.74) is 9.82. The number of carbonyl (C=O) groups excluding carboxylic acids is 1. The molecule has 2 aromatic carbocycles. The maximum atomic E-state index is 12.2. The monoisotopic (exact) mass is 269 g/mol. The molecule has 0 aliphatic heterocycles. The third kappa shape index (κ3) is 3.09. The van der Waals surface area contributed by atoms with E-state index < -0.39 is 0 Å². The number of nitrogen functional groups attached to an aromatic ring is 1. The van der Waals surface area contributed by atoms with Gasteiger partial charge in [0.2, 0.25) is 0 Å². The summed E-state index contributed by atoms with van der Waals surface area (Å²) in [5, 5.41) is 2.85. The zero-order valence-corrected chi connectivity index (χ0v) is 12.0. The van der Waals surface area contributed by atoms with Gasteiger partial charge in [-0.1, -0.05) is 12.1 Å². The number of nitrogens with two attached hydrogens (primary N) is 1. The van der Waals surface area contributed by atoms with Crippen LogP contribution in [0.1, 0.15) is 15.9 Å². The maximum Gasteiger partial charge on any atom is 0.255 e. The maximum absolute atomic E-state index is 12.2. The van der Waals surface area contributed by atoms with Gasteiger partial charge in [0, 0.05) is 36.7 Å². The van der Waals surface area contributed by atoms with Crippen LogP contribution in [0.3, 0.4) is 0 Å². The number of hydrogen-bond donors (Lipinski definition) is 2. The Bertz CT molecular complexity index is 635. The molecule has 4 heteroatoms. The van der Waals surface area contributed by atoms with Gasteiger partial charge in [-0.15, -0.1) is 0 Å². The Morgan fingerprint density at radius 3 is 2.55 bits per heavy atom. The number of hydrogen-bond acceptors (Lipinski definition) is 3. The molecule has 0 atom stereocenters. The lowest BCUT2D eigenvalue weighted by molar-refractivity contribution is 0.102. The van der Waals surface area contributed by atoms with Crippen LogP contribution in [0, 0.1) is 6.92 Å². The molecule has 3 N–H and O–H groups in total. The fraction of sp³-hybridized carbons (Fsp3) is 0.188. The molecule has 2 rings (SSSR count). The predicted molar refractivity (Wildman–Crippen MR) is 84.3 cm³/mol. The first-order valence-electron chi connectivity index (χ1n) is 6.42. The van der Waals surface area contributed by atoms with E-state index in [1.807, 2.05) is 56.3 Å². The van der Waals surface area contributed by atoms with E-state index in [9.17, 15) is 4.79 Å². The molecule has 0 saturated carbocycles. The van der Waals surface area contributed by atoms with Crippen molar-refractivity contribution in [2.24, 2.45) is 0 Å². The van der Waals surface area contributed by atoms with Crippen molar-refractivity contribution in [2.45, 2.75) is 6.92 Å². The molecule has 4 nitrogen and oxygen atoms in total. The molecule has 0 unspecified atom stereocenters. The first-order valence-corrected chi connectivity index (χ1v) is 6.42. The van der Waals surface area contributed by atoms with Gasteiger partial charge in [-0.25, -0.2) is 0 Å². The summed E-state index contributed by atoms with van der Waals surface area (Å²) in [6.07, 6.45) is 0. The first kappa shape index (κ1) is 13.9. The topological polar surface area (TPSA) is 58.4 Å². The number of nitrogens with zero attached hydrogens (tertiary/aromatic N) is 1. The van der Waals surface area contributed by atoms with Crippen LogP contribution in [-0.4, -0.2) is 20.0 Å². The molecule has 0 radical (unpaired) electrons. The van der Waals surface area contributed by atoms with Gasteiger partial charge < -0.3 is 16.0 Å². The highest BCUT2D eigenvalue weighted by Gasteiger charge is 2.08. The Morgan fingerprint density at radius 1 is 1.15 bits per heavy atom. The molecule has 0 fully saturated rings. The molecule has 0 spiro atoms. The standard InChI is InChI=1S/C16H19N3O/c1-11-7-8-13(10-15(11)17)18-16(20)12-5-4-6-14(9-12)19(2)3/h4-10H,17H2,1-3H3,(H,18,20). The molecule has 2 aromatic rings. The first-order chi connectivity index (χ1) is 9.47. The van der Waals surface area contributed by atoms with Crippen molar-refractivity contribution in [3.8, 4) is 0 Å². The van der Waals surface area contributed by atoms with Gasteiger partial charge in [-0.2, -0.15) is 0 Å². The quantitative estimate of drug-likeness (QED) is 0.842. The minimum Gasteiger partial charge on any atom is -0.398 e. The highest BCUT2D eigenvalue weighted by molar-refractivity contribution is 6.05. The molecule has 20 heavy (non-hydrogen) atoms. The summed E-state index contributed by atoms with van der Waals surface area (Å²) < 4.78 is 0. The zero-order chi connectivity index (χ0) is 14.7. The van der Waals surface area contributed by atoms with Crippen LogP contribution >= 0.6 is 0 Å². The number of benzene rings is 2. The molecule has 0 aliphatic rings. The van der Waals surface area contributed by atoms with E-state index in [0.717, 1.165) is 11.3 Å². The van der Waals surface area contributed by atoms with Crippen molar-refractivity contribution in [2.75, 3.05) is 30.0 Å². The minimum atomic E-state index is -0.142. The summed E-state index contributed by atoms with van der Waals surface area (Å²) in [6, 6.07) is 13.0. The Balaban J connectivity index is 2.19. The van der Waals surface area contributed by atoms with Crippen LogP contribution in [0.25, 0.3) is 0 Å². The second-order valence-corrected chi connectivity index (χ2v) is 4.97. The largest absolute Gasteiger partial charge is 0.398 e. The minimum absolute atomic E-state index is 0.142. The lowest BCUT2D eigenvalue weighted by Gasteiger charge is -2.13. The summed E-state index contributed by atoms with van der Waals surface area (Å²) >= 11 is 0.